The highest BCUT2D eigenvalue weighted by Gasteiger charge is 3.00. The Balaban J connectivity index is 7.45. The predicted molar refractivity (Wildman–Crippen MR) is 87.6 cm³/mol. The van der Waals surface area contributed by atoms with Crippen LogP contribution in [0.25, 0.3) is 0 Å². The van der Waals surface area contributed by atoms with Crippen LogP contribution in [0.5, 0.6) is 0 Å². The molecular weight excluding hydrogens is 733 g/mol. The molecule has 0 aliphatic heterocycles. The van der Waals surface area contributed by atoms with E-state index in [9.17, 15) is 118 Å². The molecule has 0 saturated heterocycles. The first-order valence-corrected chi connectivity index (χ1v) is 10.9. The van der Waals surface area contributed by atoms with Gasteiger partial charge >= 0.3 is 70.7 Å². The maximum absolute atomic E-state index is 13.7. The molecule has 0 unspecified atom stereocenters. The van der Waals surface area contributed by atoms with Crippen molar-refractivity contribution in [2.24, 2.45) is 0 Å². The quantitative estimate of drug-likeness (QED) is 0.148. The van der Waals surface area contributed by atoms with Crippen molar-refractivity contribution in [1.82, 2.24) is 4.72 Å². The maximum Gasteiger partial charge on any atom is 0.460 e. The number of sulfonamides is 1. The Morgan fingerprint density at radius 3 is 0.818 bits per heavy atom. The second kappa shape index (κ2) is 10.5. The predicted octanol–water partition coefficient (Wildman–Crippen LogP) is 7.60. The van der Waals surface area contributed by atoms with Crippen molar-refractivity contribution in [2.75, 3.05) is 6.54 Å². The van der Waals surface area contributed by atoms with Crippen molar-refractivity contribution >= 4 is 10.0 Å². The SMILES string of the molecule is C=CCNS(=O)(=O)C(F)(F)C(F)(F)C(F)(F)C(F)(F)C(F)(F)C(F)(F)C(F)(F)C(F)(F)C(F)(F)C(F)(F)C(F)(F)C(F)(F)F. The van der Waals surface area contributed by atoms with Crippen LogP contribution >= 0.6 is 0 Å². The maximum atomic E-state index is 13.7. The largest absolute Gasteiger partial charge is 0.460 e. The molecule has 0 radical (unpaired) electrons. The molecule has 29 heteroatoms. The standard InChI is InChI=1S/C15H6F25NO2S/c1-2-3-41-44(42,43)15(39,40)13(34,35)11(30,31)9(26,27)7(22,23)5(18,19)4(16,17)6(20,21)8(24,25)10(28,29)12(32,33)14(36,37)38/h2,41H,1,3H2. The fourth-order valence-electron chi connectivity index (χ4n) is 2.37. The molecule has 3 nitrogen and oxygen atoms in total. The summed E-state index contributed by atoms with van der Waals surface area (Å²) < 4.78 is 355. The molecule has 0 amide bonds. The van der Waals surface area contributed by atoms with Gasteiger partial charge in [-0.2, -0.15) is 110 Å². The van der Waals surface area contributed by atoms with E-state index in [1.54, 1.807) is 0 Å². The van der Waals surface area contributed by atoms with E-state index in [0.29, 0.717) is 0 Å². The van der Waals surface area contributed by atoms with E-state index in [2.05, 4.69) is 6.58 Å². The van der Waals surface area contributed by atoms with E-state index < -0.39 is 87.2 Å². The molecule has 0 saturated carbocycles. The summed E-state index contributed by atoms with van der Waals surface area (Å²) in [4.78, 5) is 0. The average Bonchev–Trinajstić information content (AvgIpc) is 2.80. The van der Waals surface area contributed by atoms with Crippen molar-refractivity contribution in [2.45, 2.75) is 70.7 Å². The van der Waals surface area contributed by atoms with Crippen LogP contribution < -0.4 is 4.72 Å². The Morgan fingerprint density at radius 2 is 0.614 bits per heavy atom. The van der Waals surface area contributed by atoms with Gasteiger partial charge in [0.2, 0.25) is 0 Å². The number of alkyl halides is 25. The number of hydrogen-bond acceptors (Lipinski definition) is 2. The number of halogens is 25. The molecule has 0 spiro atoms. The average molecular weight is 739 g/mol. The van der Waals surface area contributed by atoms with E-state index in [4.69, 9.17) is 0 Å². The van der Waals surface area contributed by atoms with Crippen LogP contribution in [-0.2, 0) is 10.0 Å². The lowest BCUT2D eigenvalue weighted by Gasteiger charge is -2.45. The minimum Gasteiger partial charge on any atom is -0.206 e. The van der Waals surface area contributed by atoms with E-state index >= 15 is 0 Å². The molecule has 0 rings (SSSR count). The van der Waals surface area contributed by atoms with Gasteiger partial charge in [-0.05, 0) is 0 Å². The smallest absolute Gasteiger partial charge is 0.206 e. The van der Waals surface area contributed by atoms with Gasteiger partial charge in [0.15, 0.2) is 0 Å². The first-order chi connectivity index (χ1) is 18.6. The summed E-state index contributed by atoms with van der Waals surface area (Å²) in [6.45, 7) is 0.791. The van der Waals surface area contributed by atoms with Crippen LogP contribution in [0.3, 0.4) is 0 Å². The molecule has 0 fully saturated rings. The summed E-state index contributed by atoms with van der Waals surface area (Å²) in [5.74, 6) is -93.5. The number of nitrogens with one attached hydrogen (secondary N) is 1. The van der Waals surface area contributed by atoms with Crippen molar-refractivity contribution in [3.8, 4) is 0 Å². The van der Waals surface area contributed by atoms with Gasteiger partial charge in [0, 0.05) is 6.54 Å². The molecule has 0 aromatic heterocycles. The molecule has 0 heterocycles. The Labute approximate surface area is 224 Å². The van der Waals surface area contributed by atoms with Crippen LogP contribution in [0, 0.1) is 0 Å². The Kier molecular flexibility index (Phi) is 9.96. The Hall–Kier alpha value is -2.10. The van der Waals surface area contributed by atoms with Crippen LogP contribution in [0.4, 0.5) is 110 Å². The lowest BCUT2D eigenvalue weighted by molar-refractivity contribution is -0.480. The summed E-state index contributed by atoms with van der Waals surface area (Å²) in [7, 11) is -7.58. The fourth-order valence-corrected chi connectivity index (χ4v) is 3.35. The topological polar surface area (TPSA) is 46.2 Å². The van der Waals surface area contributed by atoms with Gasteiger partial charge in [-0.3, -0.25) is 0 Å². The number of hydrogen-bond donors (Lipinski definition) is 1. The molecule has 0 aromatic rings. The molecule has 0 bridgehead atoms. The molecule has 44 heavy (non-hydrogen) atoms. The van der Waals surface area contributed by atoms with Crippen LogP contribution in [-0.4, -0.2) is 85.6 Å². The van der Waals surface area contributed by atoms with Gasteiger partial charge in [0.25, 0.3) is 10.0 Å². The third-order valence-electron chi connectivity index (χ3n) is 5.03. The van der Waals surface area contributed by atoms with Crippen LogP contribution in [0.1, 0.15) is 0 Å². The third-order valence-corrected chi connectivity index (χ3v) is 6.50. The van der Waals surface area contributed by atoms with Crippen molar-refractivity contribution in [3.05, 3.63) is 12.7 Å². The summed E-state index contributed by atoms with van der Waals surface area (Å²) >= 11 is 0. The van der Waals surface area contributed by atoms with Crippen molar-refractivity contribution in [1.29, 1.82) is 0 Å². The monoisotopic (exact) mass is 739 g/mol. The summed E-state index contributed by atoms with van der Waals surface area (Å²) in [6.07, 6.45) is -8.12. The highest BCUT2D eigenvalue weighted by Crippen LogP contribution is 2.67. The van der Waals surface area contributed by atoms with Gasteiger partial charge < -0.3 is 0 Å². The van der Waals surface area contributed by atoms with Gasteiger partial charge in [-0.1, -0.05) is 6.08 Å². The lowest BCUT2D eigenvalue weighted by Crippen LogP contribution is -2.78. The molecule has 0 aliphatic carbocycles. The Bertz CT molecular complexity index is 1180. The zero-order chi connectivity index (χ0) is 36.6. The molecule has 1 N–H and O–H groups in total. The van der Waals surface area contributed by atoms with E-state index in [1.165, 1.54) is 0 Å². The minimum atomic E-state index is -9.73. The summed E-state index contributed by atoms with van der Waals surface area (Å²) in [6, 6.07) is 0. The van der Waals surface area contributed by atoms with Crippen molar-refractivity contribution in [3.63, 3.8) is 0 Å². The second-order valence-corrected chi connectivity index (χ2v) is 9.71. The van der Waals surface area contributed by atoms with Crippen LogP contribution in [0.15, 0.2) is 12.7 Å². The first kappa shape index (κ1) is 41.9. The van der Waals surface area contributed by atoms with Crippen molar-refractivity contribution < 1.29 is 118 Å². The van der Waals surface area contributed by atoms with Gasteiger partial charge in [-0.15, -0.1) is 6.58 Å². The minimum absolute atomic E-state index is 0.0966. The molecular formula is C15H6F25NO2S. The fraction of sp³-hybridized carbons (Fsp3) is 0.867. The van der Waals surface area contributed by atoms with E-state index in [1.807, 2.05) is 0 Å². The second-order valence-electron chi connectivity index (χ2n) is 7.90. The van der Waals surface area contributed by atoms with E-state index in [0.717, 1.165) is 0 Å². The first-order valence-electron chi connectivity index (χ1n) is 9.39. The third kappa shape index (κ3) is 4.91. The Morgan fingerprint density at radius 1 is 0.409 bits per heavy atom. The zero-order valence-corrected chi connectivity index (χ0v) is 20.0. The summed E-state index contributed by atoms with van der Waals surface area (Å²) in [5, 5.41) is -7.92. The molecule has 0 atom stereocenters. The van der Waals surface area contributed by atoms with Crippen LogP contribution in [0.2, 0.25) is 0 Å². The zero-order valence-electron chi connectivity index (χ0n) is 19.2. The molecule has 0 aromatic carbocycles. The lowest BCUT2D eigenvalue weighted by atomic mass is 9.85. The van der Waals surface area contributed by atoms with E-state index in [-0.39, 0.29) is 10.8 Å². The number of rotatable bonds is 14. The normalized spacial score (nSPS) is 16.8. The highest BCUT2D eigenvalue weighted by atomic mass is 32.2. The highest BCUT2D eigenvalue weighted by molar-refractivity contribution is 7.90. The van der Waals surface area contributed by atoms with Gasteiger partial charge in [0.1, 0.15) is 0 Å². The molecule has 0 aliphatic rings. The summed E-state index contributed by atoms with van der Waals surface area (Å²) in [5.41, 5.74) is 0. The van der Waals surface area contributed by atoms with Gasteiger partial charge in [0.05, 0.1) is 0 Å². The van der Waals surface area contributed by atoms with Gasteiger partial charge in [-0.25, -0.2) is 13.1 Å². The molecule has 264 valence electrons.